The molecular weight excluding hydrogens is 351 g/mol. The third kappa shape index (κ3) is 2.59. The number of anilines is 1. The third-order valence-corrected chi connectivity index (χ3v) is 12.1. The molecule has 0 saturated heterocycles. The first-order valence-electron chi connectivity index (χ1n) is 9.05. The van der Waals surface area contributed by atoms with Crippen LogP contribution in [0.4, 0.5) is 18.9 Å². The third-order valence-electron chi connectivity index (χ3n) is 5.87. The van der Waals surface area contributed by atoms with Gasteiger partial charge in [-0.05, 0) is 56.8 Å². The molecule has 0 aromatic heterocycles. The van der Waals surface area contributed by atoms with Crippen LogP contribution >= 0.6 is 0 Å². The van der Waals surface area contributed by atoms with Gasteiger partial charge >= 0.3 is 6.18 Å². The van der Waals surface area contributed by atoms with E-state index >= 15 is 0 Å². The van der Waals surface area contributed by atoms with Crippen molar-refractivity contribution in [1.82, 2.24) is 0 Å². The Morgan fingerprint density at radius 3 is 1.77 bits per heavy atom. The Morgan fingerprint density at radius 1 is 0.808 bits per heavy atom. The van der Waals surface area contributed by atoms with Crippen molar-refractivity contribution in [1.29, 1.82) is 0 Å². The highest BCUT2D eigenvalue weighted by Gasteiger charge is 2.51. The van der Waals surface area contributed by atoms with E-state index in [-0.39, 0.29) is 0 Å². The van der Waals surface area contributed by atoms with E-state index in [2.05, 4.69) is 50.8 Å². The Kier molecular flexibility index (Phi) is 4.50. The molecule has 0 fully saturated rings. The first kappa shape index (κ1) is 19.0. The normalized spacial score (nSPS) is 15.3. The average molecular weight is 378 g/mol. The van der Waals surface area contributed by atoms with Gasteiger partial charge in [-0.25, -0.2) is 0 Å². The number of rotatable bonds is 3. The van der Waals surface area contributed by atoms with Crippen molar-refractivity contribution in [2.24, 2.45) is 0 Å². The summed E-state index contributed by atoms with van der Waals surface area (Å²) in [5, 5.41) is 2.23. The summed E-state index contributed by atoms with van der Waals surface area (Å²) in [6.45, 7) is 8.70. The van der Waals surface area contributed by atoms with Crippen LogP contribution in [0.15, 0.2) is 36.4 Å². The zero-order valence-electron chi connectivity index (χ0n) is 16.2. The van der Waals surface area contributed by atoms with Gasteiger partial charge in [-0.2, -0.15) is 13.2 Å². The van der Waals surface area contributed by atoms with Crippen molar-refractivity contribution in [2.75, 3.05) is 19.0 Å². The van der Waals surface area contributed by atoms with E-state index < -0.39 is 19.8 Å². The second kappa shape index (κ2) is 6.15. The Bertz CT molecular complexity index is 830. The maximum atomic E-state index is 13.4. The van der Waals surface area contributed by atoms with Gasteiger partial charge < -0.3 is 4.90 Å². The molecule has 2 aromatic rings. The summed E-state index contributed by atoms with van der Waals surface area (Å²) in [5.74, 6) is 0. The molecular formula is C21H26F3NSi. The summed E-state index contributed by atoms with van der Waals surface area (Å²) in [6.07, 6.45) is -4.31. The minimum absolute atomic E-state index is 0.309. The Hall–Kier alpha value is -1.75. The number of hydrogen-bond donors (Lipinski definition) is 0. The zero-order chi connectivity index (χ0) is 19.4. The highest BCUT2D eigenvalue weighted by Crippen LogP contribution is 2.43. The fraction of sp³-hybridized carbons (Fsp3) is 0.429. The van der Waals surface area contributed by atoms with Crippen molar-refractivity contribution < 1.29 is 13.2 Å². The largest absolute Gasteiger partial charge is 0.416 e. The number of halogens is 3. The minimum Gasteiger partial charge on any atom is -0.378 e. The lowest BCUT2D eigenvalue weighted by molar-refractivity contribution is -0.137. The Labute approximate surface area is 154 Å². The molecule has 0 radical (unpaired) electrons. The Balaban J connectivity index is 2.38. The second-order valence-electron chi connectivity index (χ2n) is 8.06. The molecule has 2 aromatic carbocycles. The van der Waals surface area contributed by atoms with E-state index in [9.17, 15) is 13.2 Å². The molecule has 140 valence electrons. The number of alkyl halides is 3. The summed E-state index contributed by atoms with van der Waals surface area (Å²) in [4.78, 5) is 2.06. The van der Waals surface area contributed by atoms with Crippen molar-refractivity contribution in [3.05, 3.63) is 42.0 Å². The van der Waals surface area contributed by atoms with Crippen molar-refractivity contribution in [3.8, 4) is 11.1 Å². The highest BCUT2D eigenvalue weighted by molar-refractivity contribution is 7.07. The lowest BCUT2D eigenvalue weighted by Gasteiger charge is -2.38. The monoisotopic (exact) mass is 377 g/mol. The van der Waals surface area contributed by atoms with E-state index in [0.717, 1.165) is 22.0 Å². The molecule has 1 aliphatic rings. The van der Waals surface area contributed by atoms with Crippen LogP contribution in [-0.2, 0) is 6.18 Å². The highest BCUT2D eigenvalue weighted by atomic mass is 28.3. The van der Waals surface area contributed by atoms with Gasteiger partial charge in [-0.15, -0.1) is 0 Å². The molecule has 1 aliphatic heterocycles. The van der Waals surface area contributed by atoms with Gasteiger partial charge in [0, 0.05) is 19.8 Å². The second-order valence-corrected chi connectivity index (χ2v) is 13.2. The summed E-state index contributed by atoms with van der Waals surface area (Å²) >= 11 is 0. The predicted octanol–water partition coefficient (Wildman–Crippen LogP) is 5.13. The van der Waals surface area contributed by atoms with Crippen molar-refractivity contribution >= 4 is 24.1 Å². The van der Waals surface area contributed by atoms with Crippen LogP contribution in [0.25, 0.3) is 11.1 Å². The van der Waals surface area contributed by atoms with Gasteiger partial charge in [-0.3, -0.25) is 0 Å². The van der Waals surface area contributed by atoms with Crippen LogP contribution in [0.5, 0.6) is 0 Å². The molecule has 0 bridgehead atoms. The molecule has 0 amide bonds. The SMILES string of the molecule is CC(C)[Si]1(C(C)C)c2cc(N(C)C)ccc2-c2ccc(C(F)(F)F)cc21. The van der Waals surface area contributed by atoms with E-state index in [0.29, 0.717) is 11.1 Å². The van der Waals surface area contributed by atoms with Gasteiger partial charge in [0.2, 0.25) is 0 Å². The summed E-state index contributed by atoms with van der Waals surface area (Å²) in [5.41, 5.74) is 3.30. The lowest BCUT2D eigenvalue weighted by Crippen LogP contribution is -2.60. The summed E-state index contributed by atoms with van der Waals surface area (Å²) in [7, 11) is 1.66. The number of fused-ring (bicyclic) bond motifs is 3. The maximum absolute atomic E-state index is 13.4. The van der Waals surface area contributed by atoms with Crippen molar-refractivity contribution in [2.45, 2.75) is 45.0 Å². The number of benzene rings is 2. The smallest absolute Gasteiger partial charge is 0.378 e. The predicted molar refractivity (Wildman–Crippen MR) is 106 cm³/mol. The van der Waals surface area contributed by atoms with Crippen LogP contribution in [0.3, 0.4) is 0 Å². The molecule has 0 unspecified atom stereocenters. The van der Waals surface area contributed by atoms with Crippen LogP contribution in [0.2, 0.25) is 11.1 Å². The van der Waals surface area contributed by atoms with E-state index in [1.54, 1.807) is 6.07 Å². The lowest BCUT2D eigenvalue weighted by atomic mass is 10.0. The van der Waals surface area contributed by atoms with Gasteiger partial charge in [0.05, 0.1) is 5.56 Å². The molecule has 0 N–H and O–H groups in total. The van der Waals surface area contributed by atoms with Gasteiger partial charge in [0.25, 0.3) is 0 Å². The molecule has 5 heteroatoms. The average Bonchev–Trinajstić information content (AvgIpc) is 2.83. The summed E-state index contributed by atoms with van der Waals surface area (Å²) in [6, 6.07) is 10.7. The molecule has 26 heavy (non-hydrogen) atoms. The van der Waals surface area contributed by atoms with Crippen LogP contribution < -0.4 is 15.3 Å². The number of nitrogens with zero attached hydrogens (tertiary/aromatic N) is 1. The topological polar surface area (TPSA) is 3.24 Å². The van der Waals surface area contributed by atoms with Crippen molar-refractivity contribution in [3.63, 3.8) is 0 Å². The molecule has 0 spiro atoms. The zero-order valence-corrected chi connectivity index (χ0v) is 17.2. The molecule has 3 rings (SSSR count). The minimum atomic E-state index is -4.31. The molecule has 1 heterocycles. The molecule has 0 atom stereocenters. The quantitative estimate of drug-likeness (QED) is 0.670. The van der Waals surface area contributed by atoms with Crippen LogP contribution in [-0.4, -0.2) is 22.2 Å². The number of hydrogen-bond acceptors (Lipinski definition) is 1. The van der Waals surface area contributed by atoms with Gasteiger partial charge in [0.1, 0.15) is 8.07 Å². The van der Waals surface area contributed by atoms with E-state index in [4.69, 9.17) is 0 Å². The molecule has 1 nitrogen and oxygen atoms in total. The first-order valence-corrected chi connectivity index (χ1v) is 11.2. The first-order chi connectivity index (χ1) is 12.0. The molecule has 0 aliphatic carbocycles. The van der Waals surface area contributed by atoms with E-state index in [1.807, 2.05) is 14.1 Å². The fourth-order valence-electron chi connectivity index (χ4n) is 4.74. The fourth-order valence-corrected chi connectivity index (χ4v) is 11.0. The summed E-state index contributed by atoms with van der Waals surface area (Å²) < 4.78 is 40.3. The van der Waals surface area contributed by atoms with Gasteiger partial charge in [-0.1, -0.05) is 39.8 Å². The Morgan fingerprint density at radius 2 is 1.31 bits per heavy atom. The maximum Gasteiger partial charge on any atom is 0.416 e. The van der Waals surface area contributed by atoms with Gasteiger partial charge in [0.15, 0.2) is 0 Å². The standard InChI is InChI=1S/C21H26F3NSi/c1-13(2)26(14(3)4)19-11-15(21(22,23)24)7-9-17(19)18-10-8-16(25(5)6)12-20(18)26/h7-14H,1-6H3. The van der Waals surface area contributed by atoms with E-state index in [1.165, 1.54) is 17.3 Å². The van der Waals surface area contributed by atoms with Crippen LogP contribution in [0, 0.1) is 0 Å². The molecule has 0 saturated carbocycles. The van der Waals surface area contributed by atoms with Crippen LogP contribution in [0.1, 0.15) is 33.3 Å².